The Labute approximate surface area is 216 Å². The first kappa shape index (κ1) is 25.2. The monoisotopic (exact) mass is 490 g/mol. The van der Waals surface area contributed by atoms with Crippen molar-refractivity contribution in [3.05, 3.63) is 64.7 Å². The van der Waals surface area contributed by atoms with Crippen LogP contribution >= 0.6 is 0 Å². The molecule has 0 saturated carbocycles. The number of aliphatic hydroxyl groups excluding tert-OH is 1. The fourth-order valence-electron chi connectivity index (χ4n) is 6.39. The number of β-amino-alcohol motifs (C(OH)–C–C–N with tert-alkyl or cyclic N) is 1. The summed E-state index contributed by atoms with van der Waals surface area (Å²) in [6.07, 6.45) is 2.79. The third kappa shape index (κ3) is 5.17. The zero-order valence-electron chi connectivity index (χ0n) is 22.4. The predicted molar refractivity (Wildman–Crippen MR) is 146 cm³/mol. The molecular weight excluding hydrogens is 448 g/mol. The van der Waals surface area contributed by atoms with Crippen LogP contribution in [0.3, 0.4) is 0 Å². The summed E-state index contributed by atoms with van der Waals surface area (Å²) >= 11 is 0. The van der Waals surface area contributed by atoms with E-state index >= 15 is 0 Å². The highest BCUT2D eigenvalue weighted by Gasteiger charge is 2.38. The fourth-order valence-corrected chi connectivity index (χ4v) is 6.39. The molecule has 6 heteroatoms. The Morgan fingerprint density at radius 1 is 1.03 bits per heavy atom. The van der Waals surface area contributed by atoms with Crippen molar-refractivity contribution in [1.29, 1.82) is 0 Å². The number of fused-ring (bicyclic) bond motifs is 2. The van der Waals surface area contributed by atoms with Gasteiger partial charge < -0.3 is 19.8 Å². The predicted octanol–water partition coefficient (Wildman–Crippen LogP) is 3.37. The summed E-state index contributed by atoms with van der Waals surface area (Å²) in [5.41, 5.74) is 5.75. The molecule has 1 fully saturated rings. The molecule has 0 aromatic heterocycles. The van der Waals surface area contributed by atoms with Crippen LogP contribution in [-0.4, -0.2) is 91.2 Å². The molecule has 5 rings (SSSR count). The van der Waals surface area contributed by atoms with Gasteiger partial charge in [0.1, 0.15) is 0 Å². The quantitative estimate of drug-likeness (QED) is 0.673. The van der Waals surface area contributed by atoms with E-state index in [0.717, 1.165) is 43.7 Å². The van der Waals surface area contributed by atoms with Crippen LogP contribution in [0.4, 0.5) is 5.69 Å². The topological polar surface area (TPSA) is 50.3 Å². The lowest BCUT2D eigenvalue weighted by atomic mass is 9.77. The van der Waals surface area contributed by atoms with Crippen molar-refractivity contribution in [1.82, 2.24) is 14.7 Å². The number of benzene rings is 2. The average Bonchev–Trinajstić information content (AvgIpc) is 2.86. The minimum Gasteiger partial charge on any atom is -0.390 e. The van der Waals surface area contributed by atoms with Crippen molar-refractivity contribution in [3.63, 3.8) is 0 Å². The Kier molecular flexibility index (Phi) is 7.12. The third-order valence-corrected chi connectivity index (χ3v) is 8.51. The Morgan fingerprint density at radius 3 is 2.47 bits per heavy atom. The number of aliphatic hydroxyl groups is 1. The van der Waals surface area contributed by atoms with E-state index in [-0.39, 0.29) is 11.3 Å². The first-order valence-electron chi connectivity index (χ1n) is 13.5. The van der Waals surface area contributed by atoms with E-state index in [1.807, 2.05) is 11.0 Å². The van der Waals surface area contributed by atoms with Gasteiger partial charge in [0, 0.05) is 68.5 Å². The highest BCUT2D eigenvalue weighted by Crippen LogP contribution is 2.36. The number of piperidine rings is 1. The Bertz CT molecular complexity index is 1090. The lowest BCUT2D eigenvalue weighted by Gasteiger charge is -2.42. The first-order chi connectivity index (χ1) is 17.2. The van der Waals surface area contributed by atoms with Gasteiger partial charge in [-0.05, 0) is 68.2 Å². The molecule has 2 aromatic rings. The zero-order valence-corrected chi connectivity index (χ0v) is 22.4. The number of carbonyl (C=O) groups excluding carboxylic acids is 1. The van der Waals surface area contributed by atoms with Crippen molar-refractivity contribution in [2.24, 2.45) is 0 Å². The molecule has 1 N–H and O–H groups in total. The molecule has 194 valence electrons. The molecular formula is C30H42N4O2. The SMILES string of the molecule is CN(C)C1CCN(c2ccc3c(c2)C(C)(C)CN(C[C@H](O)CN2CCc4ccccc4C2)C3=O)CC1. The Balaban J connectivity index is 1.24. The van der Waals surface area contributed by atoms with Crippen molar-refractivity contribution < 1.29 is 9.90 Å². The Hall–Kier alpha value is -2.41. The van der Waals surface area contributed by atoms with E-state index in [1.54, 1.807) is 0 Å². The van der Waals surface area contributed by atoms with Gasteiger partial charge in [0.2, 0.25) is 0 Å². The molecule has 3 aliphatic heterocycles. The van der Waals surface area contributed by atoms with Crippen LogP contribution in [0.5, 0.6) is 0 Å². The lowest BCUT2D eigenvalue weighted by Crippen LogP contribution is -2.51. The van der Waals surface area contributed by atoms with Crippen LogP contribution < -0.4 is 4.90 Å². The molecule has 2 aromatic carbocycles. The van der Waals surface area contributed by atoms with Gasteiger partial charge in [-0.15, -0.1) is 0 Å². The van der Waals surface area contributed by atoms with Gasteiger partial charge >= 0.3 is 0 Å². The fraction of sp³-hybridized carbons (Fsp3) is 0.567. The van der Waals surface area contributed by atoms with Crippen molar-refractivity contribution in [2.45, 2.75) is 57.2 Å². The molecule has 0 spiro atoms. The summed E-state index contributed by atoms with van der Waals surface area (Å²) in [5.74, 6) is 0.0465. The molecule has 6 nitrogen and oxygen atoms in total. The van der Waals surface area contributed by atoms with Gasteiger partial charge in [-0.25, -0.2) is 0 Å². The van der Waals surface area contributed by atoms with Gasteiger partial charge in [-0.2, -0.15) is 0 Å². The molecule has 3 aliphatic rings. The van der Waals surface area contributed by atoms with Gasteiger partial charge in [0.05, 0.1) is 6.10 Å². The van der Waals surface area contributed by atoms with Crippen molar-refractivity contribution >= 4 is 11.6 Å². The lowest BCUT2D eigenvalue weighted by molar-refractivity contribution is 0.0431. The highest BCUT2D eigenvalue weighted by molar-refractivity contribution is 5.98. The van der Waals surface area contributed by atoms with E-state index < -0.39 is 6.10 Å². The normalized spacial score (nSPS) is 21.4. The molecule has 0 radical (unpaired) electrons. The second-order valence-electron chi connectivity index (χ2n) is 11.9. The molecule has 3 heterocycles. The van der Waals surface area contributed by atoms with E-state index in [9.17, 15) is 9.90 Å². The maximum absolute atomic E-state index is 13.5. The minimum atomic E-state index is -0.561. The Morgan fingerprint density at radius 2 is 1.75 bits per heavy atom. The van der Waals surface area contributed by atoms with Crippen LogP contribution in [0.2, 0.25) is 0 Å². The molecule has 36 heavy (non-hydrogen) atoms. The number of carbonyl (C=O) groups is 1. The largest absolute Gasteiger partial charge is 0.390 e. The first-order valence-corrected chi connectivity index (χ1v) is 13.5. The summed E-state index contributed by atoms with van der Waals surface area (Å²) in [4.78, 5) is 22.5. The van der Waals surface area contributed by atoms with Gasteiger partial charge in [0.15, 0.2) is 0 Å². The molecule has 0 aliphatic carbocycles. The third-order valence-electron chi connectivity index (χ3n) is 8.51. The van der Waals surface area contributed by atoms with Gasteiger partial charge in [-0.1, -0.05) is 38.1 Å². The molecule has 0 bridgehead atoms. The number of hydrogen-bond acceptors (Lipinski definition) is 5. The summed E-state index contributed by atoms with van der Waals surface area (Å²) in [6, 6.07) is 15.6. The van der Waals surface area contributed by atoms with E-state index in [1.165, 1.54) is 29.7 Å². The highest BCUT2D eigenvalue weighted by atomic mass is 16.3. The maximum atomic E-state index is 13.5. The second-order valence-corrected chi connectivity index (χ2v) is 11.9. The number of anilines is 1. The molecule has 1 amide bonds. The second kappa shape index (κ2) is 10.2. The van der Waals surface area contributed by atoms with Crippen molar-refractivity contribution in [3.8, 4) is 0 Å². The summed E-state index contributed by atoms with van der Waals surface area (Å²) in [6.45, 7) is 9.96. The van der Waals surface area contributed by atoms with Crippen molar-refractivity contribution in [2.75, 3.05) is 58.3 Å². The summed E-state index contributed by atoms with van der Waals surface area (Å²) in [5, 5.41) is 11.0. The van der Waals surface area contributed by atoms with Crippen LogP contribution in [-0.2, 0) is 18.4 Å². The van der Waals surface area contributed by atoms with Crippen LogP contribution in [0.1, 0.15) is 53.7 Å². The molecule has 1 atom stereocenters. The smallest absolute Gasteiger partial charge is 0.254 e. The summed E-state index contributed by atoms with van der Waals surface area (Å²) in [7, 11) is 4.34. The van der Waals surface area contributed by atoms with E-state index in [0.29, 0.717) is 25.7 Å². The van der Waals surface area contributed by atoms with Crippen LogP contribution in [0.15, 0.2) is 42.5 Å². The van der Waals surface area contributed by atoms with Crippen LogP contribution in [0.25, 0.3) is 0 Å². The van der Waals surface area contributed by atoms with Crippen LogP contribution in [0, 0.1) is 0 Å². The van der Waals surface area contributed by atoms with Gasteiger partial charge in [-0.3, -0.25) is 9.69 Å². The van der Waals surface area contributed by atoms with Gasteiger partial charge in [0.25, 0.3) is 5.91 Å². The summed E-state index contributed by atoms with van der Waals surface area (Å²) < 4.78 is 0. The van der Waals surface area contributed by atoms with E-state index in [2.05, 4.69) is 79.0 Å². The molecule has 1 saturated heterocycles. The maximum Gasteiger partial charge on any atom is 0.254 e. The number of nitrogens with zero attached hydrogens (tertiary/aromatic N) is 4. The minimum absolute atomic E-state index is 0.0465. The number of rotatable bonds is 6. The number of hydrogen-bond donors (Lipinski definition) is 1. The standard InChI is InChI=1S/C30H42N4O2/c1-30(2)21-34(20-26(35)19-32-14-11-22-7-5-6-8-23(22)18-32)29(36)27-10-9-25(17-28(27)30)33-15-12-24(13-16-33)31(3)4/h5-10,17,24,26,35H,11-16,18-21H2,1-4H3/t26-/m1/s1. The number of amides is 1. The average molecular weight is 491 g/mol. The van der Waals surface area contributed by atoms with E-state index in [4.69, 9.17) is 0 Å². The zero-order chi connectivity index (χ0) is 25.4. The molecule has 0 unspecified atom stereocenters.